The van der Waals surface area contributed by atoms with Crippen molar-refractivity contribution in [3.8, 4) is 0 Å². The molecule has 1 aromatic rings. The Balaban J connectivity index is 1.92. The molecule has 3 nitrogen and oxygen atoms in total. The fourth-order valence-electron chi connectivity index (χ4n) is 2.35. The minimum absolute atomic E-state index is 0.291. The van der Waals surface area contributed by atoms with E-state index < -0.39 is 0 Å². The number of rotatable bonds is 4. The average Bonchev–Trinajstić information content (AvgIpc) is 2.74. The zero-order valence-electron chi connectivity index (χ0n) is 9.06. The van der Waals surface area contributed by atoms with Gasteiger partial charge in [-0.1, -0.05) is 6.42 Å². The summed E-state index contributed by atoms with van der Waals surface area (Å²) >= 11 is 0. The lowest BCUT2D eigenvalue weighted by atomic mass is 9.99. The highest BCUT2D eigenvalue weighted by Gasteiger charge is 2.22. The second-order valence-electron chi connectivity index (χ2n) is 4.21. The molecule has 0 amide bonds. The first-order valence-corrected chi connectivity index (χ1v) is 5.77. The standard InChI is InChI=1S/C12H19NO2/c14-8-6-11-4-1-2-7-13(11)10-12-5-3-9-15-12/h3,5,9,11,14H,1-2,4,6-8,10H2. The largest absolute Gasteiger partial charge is 0.468 e. The van der Waals surface area contributed by atoms with E-state index in [4.69, 9.17) is 9.52 Å². The molecule has 1 fully saturated rings. The van der Waals surface area contributed by atoms with E-state index in [1.165, 1.54) is 19.3 Å². The average molecular weight is 209 g/mol. The van der Waals surface area contributed by atoms with E-state index >= 15 is 0 Å². The van der Waals surface area contributed by atoms with Crippen LogP contribution in [0.5, 0.6) is 0 Å². The Hall–Kier alpha value is -0.800. The second-order valence-corrected chi connectivity index (χ2v) is 4.21. The van der Waals surface area contributed by atoms with Gasteiger partial charge in [0.2, 0.25) is 0 Å². The van der Waals surface area contributed by atoms with Gasteiger partial charge in [-0.05, 0) is 37.9 Å². The Bertz CT molecular complexity index is 269. The molecule has 15 heavy (non-hydrogen) atoms. The van der Waals surface area contributed by atoms with E-state index in [9.17, 15) is 0 Å². The quantitative estimate of drug-likeness (QED) is 0.824. The lowest BCUT2D eigenvalue weighted by Crippen LogP contribution is -2.39. The molecule has 1 unspecified atom stereocenters. The van der Waals surface area contributed by atoms with Crippen molar-refractivity contribution in [1.29, 1.82) is 0 Å². The molecule has 84 valence electrons. The molecule has 1 aliphatic rings. The summed E-state index contributed by atoms with van der Waals surface area (Å²) in [6.45, 7) is 2.31. The molecular weight excluding hydrogens is 190 g/mol. The summed E-state index contributed by atoms with van der Waals surface area (Å²) in [5.41, 5.74) is 0. The minimum Gasteiger partial charge on any atom is -0.468 e. The molecule has 0 bridgehead atoms. The zero-order chi connectivity index (χ0) is 10.5. The maximum Gasteiger partial charge on any atom is 0.117 e. The first kappa shape index (κ1) is 10.7. The highest BCUT2D eigenvalue weighted by Crippen LogP contribution is 2.21. The molecule has 2 heterocycles. The van der Waals surface area contributed by atoms with Crippen LogP contribution in [-0.4, -0.2) is 29.2 Å². The number of hydrogen-bond donors (Lipinski definition) is 1. The predicted molar refractivity (Wildman–Crippen MR) is 58.5 cm³/mol. The molecular formula is C12H19NO2. The molecule has 1 N–H and O–H groups in total. The van der Waals surface area contributed by atoms with Crippen LogP contribution in [0.1, 0.15) is 31.4 Å². The van der Waals surface area contributed by atoms with Crippen LogP contribution in [0.25, 0.3) is 0 Å². The van der Waals surface area contributed by atoms with E-state index in [2.05, 4.69) is 4.90 Å². The van der Waals surface area contributed by atoms with Crippen LogP contribution < -0.4 is 0 Å². The summed E-state index contributed by atoms with van der Waals surface area (Å²) in [5, 5.41) is 9.01. The van der Waals surface area contributed by atoms with Crippen molar-refractivity contribution in [2.45, 2.75) is 38.3 Å². The lowest BCUT2D eigenvalue weighted by molar-refractivity contribution is 0.105. The highest BCUT2D eigenvalue weighted by atomic mass is 16.3. The van der Waals surface area contributed by atoms with Crippen molar-refractivity contribution in [2.24, 2.45) is 0 Å². The molecule has 1 aliphatic heterocycles. The summed E-state index contributed by atoms with van der Waals surface area (Å²) in [6.07, 6.45) is 6.38. The van der Waals surface area contributed by atoms with Crippen molar-refractivity contribution in [3.63, 3.8) is 0 Å². The third-order valence-corrected chi connectivity index (χ3v) is 3.15. The van der Waals surface area contributed by atoms with Crippen LogP contribution >= 0.6 is 0 Å². The Morgan fingerprint density at radius 1 is 1.47 bits per heavy atom. The molecule has 1 saturated heterocycles. The number of likely N-dealkylation sites (tertiary alicyclic amines) is 1. The first-order chi connectivity index (χ1) is 7.40. The first-order valence-electron chi connectivity index (χ1n) is 5.77. The molecule has 0 aliphatic carbocycles. The van der Waals surface area contributed by atoms with Gasteiger partial charge in [-0.15, -0.1) is 0 Å². The lowest BCUT2D eigenvalue weighted by Gasteiger charge is -2.34. The third-order valence-electron chi connectivity index (χ3n) is 3.15. The van der Waals surface area contributed by atoms with Crippen LogP contribution in [0.15, 0.2) is 22.8 Å². The molecule has 1 aromatic heterocycles. The van der Waals surface area contributed by atoms with Gasteiger partial charge in [-0.2, -0.15) is 0 Å². The van der Waals surface area contributed by atoms with Gasteiger partial charge in [0.15, 0.2) is 0 Å². The van der Waals surface area contributed by atoms with Gasteiger partial charge in [0.1, 0.15) is 5.76 Å². The van der Waals surface area contributed by atoms with Crippen LogP contribution in [-0.2, 0) is 6.54 Å². The third kappa shape index (κ3) is 2.83. The van der Waals surface area contributed by atoms with Gasteiger partial charge >= 0.3 is 0 Å². The molecule has 0 spiro atoms. The zero-order valence-corrected chi connectivity index (χ0v) is 9.06. The number of aliphatic hydroxyl groups is 1. The van der Waals surface area contributed by atoms with Crippen LogP contribution in [0.4, 0.5) is 0 Å². The van der Waals surface area contributed by atoms with E-state index in [0.717, 1.165) is 25.3 Å². The molecule has 3 heteroatoms. The highest BCUT2D eigenvalue weighted by molar-refractivity contribution is 4.98. The van der Waals surface area contributed by atoms with Gasteiger partial charge in [0, 0.05) is 12.6 Å². The number of furan rings is 1. The summed E-state index contributed by atoms with van der Waals surface area (Å²) in [7, 11) is 0. The van der Waals surface area contributed by atoms with E-state index in [-0.39, 0.29) is 0 Å². The van der Waals surface area contributed by atoms with E-state index in [1.807, 2.05) is 12.1 Å². The monoisotopic (exact) mass is 209 g/mol. The van der Waals surface area contributed by atoms with Gasteiger partial charge in [0.25, 0.3) is 0 Å². The van der Waals surface area contributed by atoms with Gasteiger partial charge in [-0.25, -0.2) is 0 Å². The molecule has 1 atom stereocenters. The van der Waals surface area contributed by atoms with E-state index in [1.54, 1.807) is 6.26 Å². The number of nitrogens with zero attached hydrogens (tertiary/aromatic N) is 1. The van der Waals surface area contributed by atoms with Crippen molar-refractivity contribution < 1.29 is 9.52 Å². The smallest absolute Gasteiger partial charge is 0.117 e. The van der Waals surface area contributed by atoms with Gasteiger partial charge < -0.3 is 9.52 Å². The second kappa shape index (κ2) is 5.33. The maximum atomic E-state index is 9.01. The minimum atomic E-state index is 0.291. The van der Waals surface area contributed by atoms with E-state index in [0.29, 0.717) is 12.6 Å². The Morgan fingerprint density at radius 2 is 2.40 bits per heavy atom. The fraction of sp³-hybridized carbons (Fsp3) is 0.667. The SMILES string of the molecule is OCCC1CCCCN1Cc1ccco1. The fourth-order valence-corrected chi connectivity index (χ4v) is 2.35. The Morgan fingerprint density at radius 3 is 3.13 bits per heavy atom. The molecule has 0 saturated carbocycles. The molecule has 0 aromatic carbocycles. The van der Waals surface area contributed by atoms with Gasteiger partial charge in [0.05, 0.1) is 12.8 Å². The number of piperidine rings is 1. The van der Waals surface area contributed by atoms with Crippen molar-refractivity contribution >= 4 is 0 Å². The summed E-state index contributed by atoms with van der Waals surface area (Å²) in [4.78, 5) is 2.43. The van der Waals surface area contributed by atoms with Crippen molar-refractivity contribution in [1.82, 2.24) is 4.90 Å². The number of aliphatic hydroxyl groups excluding tert-OH is 1. The van der Waals surface area contributed by atoms with Crippen LogP contribution in [0.2, 0.25) is 0 Å². The number of hydrogen-bond acceptors (Lipinski definition) is 3. The Kier molecular flexibility index (Phi) is 3.80. The van der Waals surface area contributed by atoms with Gasteiger partial charge in [-0.3, -0.25) is 4.90 Å². The summed E-state index contributed by atoms with van der Waals surface area (Å²) < 4.78 is 5.36. The van der Waals surface area contributed by atoms with Crippen LogP contribution in [0.3, 0.4) is 0 Å². The van der Waals surface area contributed by atoms with Crippen LogP contribution in [0, 0.1) is 0 Å². The molecule has 2 rings (SSSR count). The summed E-state index contributed by atoms with van der Waals surface area (Å²) in [5.74, 6) is 1.03. The van der Waals surface area contributed by atoms with Crippen molar-refractivity contribution in [2.75, 3.05) is 13.2 Å². The topological polar surface area (TPSA) is 36.6 Å². The normalized spacial score (nSPS) is 23.1. The summed E-state index contributed by atoms with van der Waals surface area (Å²) in [6, 6.07) is 4.49. The molecule has 0 radical (unpaired) electrons. The maximum absolute atomic E-state index is 9.01. The Labute approximate surface area is 90.7 Å². The predicted octanol–water partition coefficient (Wildman–Crippen LogP) is 2.02. The van der Waals surface area contributed by atoms with Crippen molar-refractivity contribution in [3.05, 3.63) is 24.2 Å².